The lowest BCUT2D eigenvalue weighted by Crippen LogP contribution is -2.59. The van der Waals surface area contributed by atoms with E-state index in [0.29, 0.717) is 25.8 Å². The van der Waals surface area contributed by atoms with Gasteiger partial charge in [-0.15, -0.1) is 0 Å². The molecule has 2 aliphatic rings. The Morgan fingerprint density at radius 2 is 1.77 bits per heavy atom. The summed E-state index contributed by atoms with van der Waals surface area (Å²) in [6.07, 6.45) is 1.57. The maximum Gasteiger partial charge on any atom is 0.245 e. The Kier molecular flexibility index (Phi) is 10.2. The molecule has 2 heterocycles. The number of nitrogens with zero attached hydrogens (tertiary/aromatic N) is 2. The summed E-state index contributed by atoms with van der Waals surface area (Å²) in [4.78, 5) is 69.5. The Bertz CT molecular complexity index is 844. The molecule has 0 unspecified atom stereocenters. The third kappa shape index (κ3) is 7.80. The number of carbonyl (C=O) groups excluding carboxylic acids is 5. The number of amides is 5. The SMILES string of the molecule is CC(C)[C@@H]1NC(=O)[C@@H]2CCCN2C(=O)[C@H](CCCN=C(N)N)NC(=O)CNC(=O)[C@H](CO)NC1=O. The molecule has 196 valence electrons. The zero-order valence-corrected chi connectivity index (χ0v) is 20.1. The summed E-state index contributed by atoms with van der Waals surface area (Å²) < 4.78 is 0. The van der Waals surface area contributed by atoms with Gasteiger partial charge in [-0.2, -0.15) is 0 Å². The second-order valence-corrected chi connectivity index (χ2v) is 8.95. The average Bonchev–Trinajstić information content (AvgIpc) is 3.29. The zero-order chi connectivity index (χ0) is 26.1. The quantitative estimate of drug-likeness (QED) is 0.110. The Balaban J connectivity index is 2.33. The summed E-state index contributed by atoms with van der Waals surface area (Å²) in [5.74, 6) is -3.46. The summed E-state index contributed by atoms with van der Waals surface area (Å²) in [7, 11) is 0. The molecular formula is C21H36N8O6. The van der Waals surface area contributed by atoms with Crippen molar-refractivity contribution in [2.24, 2.45) is 22.4 Å². The number of nitrogens with one attached hydrogen (secondary N) is 4. The largest absolute Gasteiger partial charge is 0.394 e. The van der Waals surface area contributed by atoms with Gasteiger partial charge < -0.3 is 42.7 Å². The van der Waals surface area contributed by atoms with Gasteiger partial charge in [0.25, 0.3) is 0 Å². The first-order chi connectivity index (χ1) is 16.5. The van der Waals surface area contributed by atoms with Crippen LogP contribution in [0.5, 0.6) is 0 Å². The summed E-state index contributed by atoms with van der Waals surface area (Å²) in [6.45, 7) is 2.82. The molecule has 0 spiro atoms. The molecule has 14 nitrogen and oxygen atoms in total. The van der Waals surface area contributed by atoms with Crippen LogP contribution >= 0.6 is 0 Å². The maximum absolute atomic E-state index is 13.4. The van der Waals surface area contributed by atoms with E-state index in [2.05, 4.69) is 26.3 Å². The summed E-state index contributed by atoms with van der Waals surface area (Å²) in [5.41, 5.74) is 10.7. The molecule has 0 aromatic carbocycles. The first-order valence-electron chi connectivity index (χ1n) is 11.7. The molecular weight excluding hydrogens is 460 g/mol. The average molecular weight is 497 g/mol. The molecule has 2 saturated heterocycles. The minimum atomic E-state index is -1.32. The van der Waals surface area contributed by atoms with Crippen molar-refractivity contribution in [2.75, 3.05) is 26.2 Å². The Labute approximate surface area is 203 Å². The highest BCUT2D eigenvalue weighted by Gasteiger charge is 2.39. The van der Waals surface area contributed by atoms with Crippen LogP contribution in [0.3, 0.4) is 0 Å². The monoisotopic (exact) mass is 496 g/mol. The fraction of sp³-hybridized carbons (Fsp3) is 0.714. The van der Waals surface area contributed by atoms with Gasteiger partial charge in [0.05, 0.1) is 13.2 Å². The van der Waals surface area contributed by atoms with Crippen LogP contribution in [0.25, 0.3) is 0 Å². The van der Waals surface area contributed by atoms with Gasteiger partial charge in [-0.1, -0.05) is 13.8 Å². The standard InChI is InChI=1S/C21H36N8O6/c1-11(2)16-19(34)27-13(10-30)17(32)25-9-15(31)26-12(5-3-7-24-21(22)23)20(35)29-8-4-6-14(29)18(33)28-16/h11-14,16,30H,3-10H2,1-2H3,(H,25,32)(H,26,31)(H,27,34)(H,28,33)(H4,22,23,24)/t12-,13-,14-,16-/m0/s1. The number of fused-ring (bicyclic) bond motifs is 1. The number of rotatable bonds is 6. The molecule has 2 rings (SSSR count). The van der Waals surface area contributed by atoms with Crippen LogP contribution in [0.1, 0.15) is 39.5 Å². The summed E-state index contributed by atoms with van der Waals surface area (Å²) in [5, 5.41) is 19.6. The molecule has 9 N–H and O–H groups in total. The number of aliphatic imine (C=N–C) groups is 1. The third-order valence-electron chi connectivity index (χ3n) is 5.90. The lowest BCUT2D eigenvalue weighted by Gasteiger charge is -2.30. The molecule has 5 amide bonds. The van der Waals surface area contributed by atoms with Crippen LogP contribution in [0.2, 0.25) is 0 Å². The lowest BCUT2D eigenvalue weighted by molar-refractivity contribution is -0.142. The third-order valence-corrected chi connectivity index (χ3v) is 5.90. The van der Waals surface area contributed by atoms with E-state index in [1.165, 1.54) is 4.90 Å². The number of aliphatic hydroxyl groups is 1. The number of nitrogens with two attached hydrogens (primary N) is 2. The van der Waals surface area contributed by atoms with Gasteiger partial charge in [0.2, 0.25) is 29.5 Å². The van der Waals surface area contributed by atoms with Crippen molar-refractivity contribution in [3.8, 4) is 0 Å². The van der Waals surface area contributed by atoms with E-state index in [-0.39, 0.29) is 24.8 Å². The van der Waals surface area contributed by atoms with Crippen molar-refractivity contribution in [3.05, 3.63) is 0 Å². The predicted molar refractivity (Wildman–Crippen MR) is 125 cm³/mol. The minimum absolute atomic E-state index is 0.0947. The highest BCUT2D eigenvalue weighted by molar-refractivity contribution is 5.97. The van der Waals surface area contributed by atoms with Crippen molar-refractivity contribution < 1.29 is 29.1 Å². The van der Waals surface area contributed by atoms with E-state index < -0.39 is 66.9 Å². The number of aliphatic hydroxyl groups excluding tert-OH is 1. The van der Waals surface area contributed by atoms with Gasteiger partial charge in [-0.25, -0.2) is 0 Å². The van der Waals surface area contributed by atoms with Crippen LogP contribution in [0, 0.1) is 5.92 Å². The van der Waals surface area contributed by atoms with Crippen molar-refractivity contribution in [2.45, 2.75) is 63.7 Å². The second-order valence-electron chi connectivity index (χ2n) is 8.95. The Morgan fingerprint density at radius 3 is 2.40 bits per heavy atom. The van der Waals surface area contributed by atoms with E-state index in [1.807, 2.05) is 0 Å². The number of hydrogen-bond donors (Lipinski definition) is 7. The molecule has 4 atom stereocenters. The van der Waals surface area contributed by atoms with Crippen LogP contribution < -0.4 is 32.7 Å². The van der Waals surface area contributed by atoms with Gasteiger partial charge >= 0.3 is 0 Å². The van der Waals surface area contributed by atoms with E-state index in [9.17, 15) is 29.1 Å². The molecule has 0 bridgehead atoms. The molecule has 0 aliphatic carbocycles. The molecule has 0 saturated carbocycles. The highest BCUT2D eigenvalue weighted by atomic mass is 16.3. The van der Waals surface area contributed by atoms with Gasteiger partial charge in [-0.3, -0.25) is 29.0 Å². The van der Waals surface area contributed by atoms with E-state index >= 15 is 0 Å². The van der Waals surface area contributed by atoms with Gasteiger partial charge in [-0.05, 0) is 31.6 Å². The van der Waals surface area contributed by atoms with Crippen molar-refractivity contribution in [1.82, 2.24) is 26.2 Å². The fourth-order valence-corrected chi connectivity index (χ4v) is 4.04. The van der Waals surface area contributed by atoms with Gasteiger partial charge in [0, 0.05) is 13.1 Å². The summed E-state index contributed by atoms with van der Waals surface area (Å²) in [6, 6.07) is -4.10. The normalized spacial score (nSPS) is 26.6. The zero-order valence-electron chi connectivity index (χ0n) is 20.1. The number of carbonyl (C=O) groups is 5. The molecule has 35 heavy (non-hydrogen) atoms. The van der Waals surface area contributed by atoms with Crippen LogP contribution in [-0.4, -0.2) is 95.9 Å². The number of guanidine groups is 1. The molecule has 0 aromatic rings. The lowest BCUT2D eigenvalue weighted by atomic mass is 10.0. The first kappa shape index (κ1) is 27.8. The van der Waals surface area contributed by atoms with Gasteiger partial charge in [0.15, 0.2) is 5.96 Å². The second kappa shape index (κ2) is 12.9. The predicted octanol–water partition coefficient (Wildman–Crippen LogP) is -3.74. The molecule has 2 fully saturated rings. The molecule has 14 heteroatoms. The highest BCUT2D eigenvalue weighted by Crippen LogP contribution is 2.20. The van der Waals surface area contributed by atoms with Crippen molar-refractivity contribution >= 4 is 35.5 Å². The van der Waals surface area contributed by atoms with Crippen molar-refractivity contribution in [1.29, 1.82) is 0 Å². The van der Waals surface area contributed by atoms with Crippen molar-refractivity contribution in [3.63, 3.8) is 0 Å². The Hall–Kier alpha value is -3.42. The van der Waals surface area contributed by atoms with E-state index in [4.69, 9.17) is 11.5 Å². The fourth-order valence-electron chi connectivity index (χ4n) is 4.04. The van der Waals surface area contributed by atoms with Gasteiger partial charge in [0.1, 0.15) is 24.2 Å². The van der Waals surface area contributed by atoms with Crippen LogP contribution in [0.15, 0.2) is 4.99 Å². The Morgan fingerprint density at radius 1 is 1.06 bits per heavy atom. The van der Waals surface area contributed by atoms with Crippen LogP contribution in [0.4, 0.5) is 0 Å². The topological polar surface area (TPSA) is 221 Å². The minimum Gasteiger partial charge on any atom is -0.394 e. The first-order valence-corrected chi connectivity index (χ1v) is 11.7. The molecule has 0 aromatic heterocycles. The summed E-state index contributed by atoms with van der Waals surface area (Å²) >= 11 is 0. The molecule has 0 radical (unpaired) electrons. The number of hydrogen-bond acceptors (Lipinski definition) is 7. The van der Waals surface area contributed by atoms with E-state index in [1.54, 1.807) is 13.8 Å². The smallest absolute Gasteiger partial charge is 0.245 e. The van der Waals surface area contributed by atoms with E-state index in [0.717, 1.165) is 0 Å². The maximum atomic E-state index is 13.4. The molecule has 2 aliphatic heterocycles. The van der Waals surface area contributed by atoms with Crippen LogP contribution in [-0.2, 0) is 24.0 Å².